The maximum absolute atomic E-state index is 11.9. The minimum Gasteiger partial charge on any atom is -0.361 e. The molecule has 1 aliphatic rings. The van der Waals surface area contributed by atoms with Gasteiger partial charge in [-0.2, -0.15) is 0 Å². The number of rotatable bonds is 5. The molecule has 1 aromatic carbocycles. The third-order valence-electron chi connectivity index (χ3n) is 3.48. The highest BCUT2D eigenvalue weighted by atomic mass is 32.2. The summed E-state index contributed by atoms with van der Waals surface area (Å²) >= 11 is 0.999. The minimum atomic E-state index is -0.239. The van der Waals surface area contributed by atoms with Crippen LogP contribution < -0.4 is 5.32 Å². The van der Waals surface area contributed by atoms with Crippen LogP contribution in [-0.2, 0) is 16.0 Å². The molecule has 2 aromatic rings. The largest absolute Gasteiger partial charge is 0.361 e. The van der Waals surface area contributed by atoms with Crippen molar-refractivity contribution in [1.29, 1.82) is 0 Å². The second-order valence-electron chi connectivity index (χ2n) is 5.03. The normalized spacial score (nSPS) is 14.8. The Labute approximate surface area is 131 Å². The molecular formula is C15H15N3O3S. The van der Waals surface area contributed by atoms with Crippen molar-refractivity contribution in [3.8, 4) is 0 Å². The van der Waals surface area contributed by atoms with Crippen molar-refractivity contribution < 1.29 is 14.4 Å². The summed E-state index contributed by atoms with van der Waals surface area (Å²) in [7, 11) is 0. The standard InChI is InChI=1S/C15H15N3O3S/c19-13(17-5-6-18-14(20)9-22-15(18)21)8-10-1-2-12-11(7-10)3-4-16-12/h1-4,7,16H,5-6,8-9H2,(H,17,19). The molecule has 0 aliphatic carbocycles. The number of thioether (sulfide) groups is 1. The predicted molar refractivity (Wildman–Crippen MR) is 84.6 cm³/mol. The average Bonchev–Trinajstić information content (AvgIpc) is 3.07. The van der Waals surface area contributed by atoms with Crippen LogP contribution in [0, 0.1) is 0 Å². The number of amides is 3. The van der Waals surface area contributed by atoms with Gasteiger partial charge in [-0.1, -0.05) is 17.8 Å². The number of H-pyrrole nitrogens is 1. The lowest BCUT2D eigenvalue weighted by atomic mass is 10.1. The first kappa shape index (κ1) is 14.6. The van der Waals surface area contributed by atoms with Crippen LogP contribution >= 0.6 is 11.8 Å². The Morgan fingerprint density at radius 2 is 2.18 bits per heavy atom. The Morgan fingerprint density at radius 3 is 2.95 bits per heavy atom. The van der Waals surface area contributed by atoms with E-state index in [2.05, 4.69) is 10.3 Å². The van der Waals surface area contributed by atoms with Crippen LogP contribution in [0.15, 0.2) is 30.5 Å². The lowest BCUT2D eigenvalue weighted by molar-refractivity contribution is -0.125. The van der Waals surface area contributed by atoms with Crippen LogP contribution in [0.5, 0.6) is 0 Å². The van der Waals surface area contributed by atoms with Crippen molar-refractivity contribution >= 4 is 39.7 Å². The van der Waals surface area contributed by atoms with Gasteiger partial charge in [0.2, 0.25) is 11.8 Å². The Balaban J connectivity index is 1.50. The first-order valence-electron chi connectivity index (χ1n) is 6.93. The van der Waals surface area contributed by atoms with Gasteiger partial charge < -0.3 is 10.3 Å². The molecule has 0 atom stereocenters. The van der Waals surface area contributed by atoms with E-state index in [1.54, 1.807) is 0 Å². The molecule has 3 rings (SSSR count). The number of benzene rings is 1. The summed E-state index contributed by atoms with van der Waals surface area (Å²) in [4.78, 5) is 39.0. The summed E-state index contributed by atoms with van der Waals surface area (Å²) in [6, 6.07) is 7.77. The van der Waals surface area contributed by atoms with Crippen molar-refractivity contribution in [1.82, 2.24) is 15.2 Å². The summed E-state index contributed by atoms with van der Waals surface area (Å²) in [6.45, 7) is 0.510. The third kappa shape index (κ3) is 3.14. The zero-order chi connectivity index (χ0) is 15.5. The van der Waals surface area contributed by atoms with Crippen molar-refractivity contribution in [2.24, 2.45) is 0 Å². The molecule has 0 saturated carbocycles. The molecule has 1 aliphatic heterocycles. The molecular weight excluding hydrogens is 302 g/mol. The van der Waals surface area contributed by atoms with Crippen molar-refractivity contribution in [3.63, 3.8) is 0 Å². The molecule has 2 heterocycles. The average molecular weight is 317 g/mol. The zero-order valence-corrected chi connectivity index (χ0v) is 12.6. The summed E-state index contributed by atoms with van der Waals surface area (Å²) < 4.78 is 0. The fourth-order valence-electron chi connectivity index (χ4n) is 2.36. The van der Waals surface area contributed by atoms with E-state index in [0.29, 0.717) is 0 Å². The highest BCUT2D eigenvalue weighted by molar-refractivity contribution is 8.14. The topological polar surface area (TPSA) is 82.3 Å². The van der Waals surface area contributed by atoms with E-state index < -0.39 is 0 Å². The monoisotopic (exact) mass is 317 g/mol. The smallest absolute Gasteiger partial charge is 0.288 e. The molecule has 0 radical (unpaired) electrons. The molecule has 3 amide bonds. The van der Waals surface area contributed by atoms with E-state index in [0.717, 1.165) is 28.2 Å². The second kappa shape index (κ2) is 6.23. The number of carbonyl (C=O) groups is 3. The molecule has 114 valence electrons. The number of aromatic nitrogens is 1. The van der Waals surface area contributed by atoms with Gasteiger partial charge in [0.1, 0.15) is 0 Å². The molecule has 6 nitrogen and oxygen atoms in total. The molecule has 1 fully saturated rings. The maximum atomic E-state index is 11.9. The van der Waals surface area contributed by atoms with Crippen LogP contribution in [0.1, 0.15) is 5.56 Å². The molecule has 0 unspecified atom stereocenters. The van der Waals surface area contributed by atoms with Crippen LogP contribution in [0.25, 0.3) is 10.9 Å². The number of hydrogen-bond acceptors (Lipinski definition) is 4. The highest BCUT2D eigenvalue weighted by Gasteiger charge is 2.29. The number of aromatic amines is 1. The number of nitrogens with zero attached hydrogens (tertiary/aromatic N) is 1. The van der Waals surface area contributed by atoms with Gasteiger partial charge in [0, 0.05) is 24.8 Å². The minimum absolute atomic E-state index is 0.123. The highest BCUT2D eigenvalue weighted by Crippen LogP contribution is 2.17. The first-order chi connectivity index (χ1) is 10.6. The Morgan fingerprint density at radius 1 is 1.32 bits per heavy atom. The lowest BCUT2D eigenvalue weighted by Crippen LogP contribution is -2.37. The third-order valence-corrected chi connectivity index (χ3v) is 4.34. The van der Waals surface area contributed by atoms with Crippen LogP contribution in [0.4, 0.5) is 4.79 Å². The summed E-state index contributed by atoms with van der Waals surface area (Å²) in [6.07, 6.45) is 2.13. The van der Waals surface area contributed by atoms with Gasteiger partial charge in [-0.3, -0.25) is 19.3 Å². The van der Waals surface area contributed by atoms with Gasteiger partial charge in [0.05, 0.1) is 12.2 Å². The van der Waals surface area contributed by atoms with Gasteiger partial charge in [0.15, 0.2) is 0 Å². The van der Waals surface area contributed by atoms with Crippen molar-refractivity contribution in [3.05, 3.63) is 36.0 Å². The van der Waals surface area contributed by atoms with E-state index in [-0.39, 0.29) is 42.3 Å². The zero-order valence-electron chi connectivity index (χ0n) is 11.8. The van der Waals surface area contributed by atoms with Gasteiger partial charge in [-0.25, -0.2) is 0 Å². The van der Waals surface area contributed by atoms with Crippen molar-refractivity contribution in [2.75, 3.05) is 18.8 Å². The van der Waals surface area contributed by atoms with E-state index in [4.69, 9.17) is 0 Å². The SMILES string of the molecule is O=C(Cc1ccc2[nH]ccc2c1)NCCN1C(=O)CSC1=O. The number of carbonyl (C=O) groups excluding carboxylic acids is 3. The van der Waals surface area contributed by atoms with Crippen LogP contribution in [0.2, 0.25) is 0 Å². The van der Waals surface area contributed by atoms with E-state index in [9.17, 15) is 14.4 Å². The second-order valence-corrected chi connectivity index (χ2v) is 5.95. The molecule has 0 spiro atoms. The molecule has 7 heteroatoms. The number of fused-ring (bicyclic) bond motifs is 1. The molecule has 22 heavy (non-hydrogen) atoms. The molecule has 1 saturated heterocycles. The number of imide groups is 1. The first-order valence-corrected chi connectivity index (χ1v) is 7.92. The fraction of sp³-hybridized carbons (Fsp3) is 0.267. The number of nitrogens with one attached hydrogen (secondary N) is 2. The van der Waals surface area contributed by atoms with E-state index >= 15 is 0 Å². The predicted octanol–water partition coefficient (Wildman–Crippen LogP) is 1.52. The quantitative estimate of drug-likeness (QED) is 0.876. The summed E-state index contributed by atoms with van der Waals surface area (Å²) in [5.41, 5.74) is 1.96. The fourth-order valence-corrected chi connectivity index (χ4v) is 3.12. The Kier molecular flexibility index (Phi) is 4.15. The van der Waals surface area contributed by atoms with Crippen LogP contribution in [0.3, 0.4) is 0 Å². The van der Waals surface area contributed by atoms with Gasteiger partial charge in [0.25, 0.3) is 5.24 Å². The maximum Gasteiger partial charge on any atom is 0.288 e. The Bertz CT molecular complexity index is 724. The van der Waals surface area contributed by atoms with Crippen LogP contribution in [-0.4, -0.2) is 45.8 Å². The molecule has 1 aromatic heterocycles. The molecule has 0 bridgehead atoms. The molecule has 2 N–H and O–H groups in total. The summed E-state index contributed by atoms with van der Waals surface area (Å²) in [5, 5.41) is 3.57. The van der Waals surface area contributed by atoms with Gasteiger partial charge >= 0.3 is 0 Å². The van der Waals surface area contributed by atoms with Gasteiger partial charge in [-0.15, -0.1) is 0 Å². The Hall–Kier alpha value is -2.28. The van der Waals surface area contributed by atoms with E-state index in [1.807, 2.05) is 30.5 Å². The number of hydrogen-bond donors (Lipinski definition) is 2. The summed E-state index contributed by atoms with van der Waals surface area (Å²) in [5.74, 6) is -0.118. The lowest BCUT2D eigenvalue weighted by Gasteiger charge is -2.13. The van der Waals surface area contributed by atoms with Gasteiger partial charge in [-0.05, 0) is 29.1 Å². The van der Waals surface area contributed by atoms with Crippen molar-refractivity contribution in [2.45, 2.75) is 6.42 Å². The van der Waals surface area contributed by atoms with E-state index in [1.165, 1.54) is 4.90 Å².